The summed E-state index contributed by atoms with van der Waals surface area (Å²) in [7, 11) is 0. The van der Waals surface area contributed by atoms with Gasteiger partial charge in [-0.2, -0.15) is 0 Å². The first-order valence-corrected chi connectivity index (χ1v) is 5.55. The van der Waals surface area contributed by atoms with Crippen molar-refractivity contribution < 1.29 is 4.74 Å². The summed E-state index contributed by atoms with van der Waals surface area (Å²) in [6.45, 7) is 6.32. The molecule has 1 saturated carbocycles. The van der Waals surface area contributed by atoms with Gasteiger partial charge in [0.25, 0.3) is 0 Å². The Kier molecular flexibility index (Phi) is 2.46. The minimum atomic E-state index is 0.201. The molecular formula is C12H20O. The van der Waals surface area contributed by atoms with E-state index in [0.717, 1.165) is 6.42 Å². The van der Waals surface area contributed by atoms with Gasteiger partial charge < -0.3 is 4.74 Å². The molecule has 1 spiro atoms. The monoisotopic (exact) mass is 180 g/mol. The molecule has 1 aliphatic heterocycles. The van der Waals surface area contributed by atoms with Gasteiger partial charge in [0.15, 0.2) is 0 Å². The second-order valence-corrected chi connectivity index (χ2v) is 4.78. The predicted molar refractivity (Wildman–Crippen MR) is 54.7 cm³/mol. The van der Waals surface area contributed by atoms with E-state index in [1.165, 1.54) is 44.1 Å². The molecule has 0 aromatic carbocycles. The van der Waals surface area contributed by atoms with Crippen LogP contribution in [0.2, 0.25) is 0 Å². The van der Waals surface area contributed by atoms with Crippen molar-refractivity contribution in [2.75, 3.05) is 0 Å². The second kappa shape index (κ2) is 3.45. The zero-order valence-corrected chi connectivity index (χ0v) is 8.64. The van der Waals surface area contributed by atoms with Crippen molar-refractivity contribution in [3.8, 4) is 0 Å². The van der Waals surface area contributed by atoms with Crippen molar-refractivity contribution in [3.05, 3.63) is 12.2 Å². The number of ether oxygens (including phenoxy) is 1. The Morgan fingerprint density at radius 2 is 2.15 bits per heavy atom. The lowest BCUT2D eigenvalue weighted by atomic mass is 9.77. The largest absolute Gasteiger partial charge is 0.372 e. The van der Waals surface area contributed by atoms with E-state index >= 15 is 0 Å². The highest BCUT2D eigenvalue weighted by Gasteiger charge is 2.37. The standard InChI is InChI=1S/C12H20O/c1-10-5-3-7-12(9-10)8-4-6-11(2)13-12/h11H,1,3-9H2,2H3/t11-,12+/m0/s1. The maximum atomic E-state index is 6.12. The van der Waals surface area contributed by atoms with Gasteiger partial charge in [0.05, 0.1) is 11.7 Å². The van der Waals surface area contributed by atoms with E-state index in [9.17, 15) is 0 Å². The van der Waals surface area contributed by atoms with Crippen LogP contribution in [-0.4, -0.2) is 11.7 Å². The van der Waals surface area contributed by atoms with Crippen molar-refractivity contribution >= 4 is 0 Å². The van der Waals surface area contributed by atoms with Crippen molar-refractivity contribution in [2.45, 2.75) is 63.6 Å². The maximum absolute atomic E-state index is 6.12. The molecule has 2 atom stereocenters. The van der Waals surface area contributed by atoms with Crippen LogP contribution < -0.4 is 0 Å². The molecule has 0 bridgehead atoms. The Morgan fingerprint density at radius 3 is 2.85 bits per heavy atom. The third-order valence-corrected chi connectivity index (χ3v) is 3.43. The summed E-state index contributed by atoms with van der Waals surface area (Å²) in [6, 6.07) is 0. The molecule has 1 heterocycles. The molecular weight excluding hydrogens is 160 g/mol. The fraction of sp³-hybridized carbons (Fsp3) is 0.833. The smallest absolute Gasteiger partial charge is 0.0723 e. The summed E-state index contributed by atoms with van der Waals surface area (Å²) < 4.78 is 6.12. The number of hydrogen-bond donors (Lipinski definition) is 0. The van der Waals surface area contributed by atoms with E-state index in [4.69, 9.17) is 4.74 Å². The summed E-state index contributed by atoms with van der Waals surface area (Å²) in [4.78, 5) is 0. The lowest BCUT2D eigenvalue weighted by molar-refractivity contribution is -0.130. The first-order valence-electron chi connectivity index (χ1n) is 5.55. The van der Waals surface area contributed by atoms with E-state index in [1.54, 1.807) is 0 Å². The van der Waals surface area contributed by atoms with Gasteiger partial charge >= 0.3 is 0 Å². The van der Waals surface area contributed by atoms with E-state index in [-0.39, 0.29) is 5.60 Å². The molecule has 1 saturated heterocycles. The molecule has 0 amide bonds. The second-order valence-electron chi connectivity index (χ2n) is 4.78. The Bertz CT molecular complexity index is 205. The number of rotatable bonds is 0. The molecule has 2 aliphatic rings. The van der Waals surface area contributed by atoms with E-state index in [1.807, 2.05) is 0 Å². The topological polar surface area (TPSA) is 9.23 Å². The normalized spacial score (nSPS) is 41.0. The fourth-order valence-corrected chi connectivity index (χ4v) is 2.86. The number of hydrogen-bond acceptors (Lipinski definition) is 1. The van der Waals surface area contributed by atoms with Crippen LogP contribution in [0.25, 0.3) is 0 Å². The molecule has 0 aromatic rings. The molecule has 13 heavy (non-hydrogen) atoms. The molecule has 0 radical (unpaired) electrons. The first-order chi connectivity index (χ1) is 6.20. The van der Waals surface area contributed by atoms with Gasteiger partial charge in [-0.05, 0) is 51.9 Å². The summed E-state index contributed by atoms with van der Waals surface area (Å²) in [5.74, 6) is 0. The van der Waals surface area contributed by atoms with Crippen LogP contribution in [0, 0.1) is 0 Å². The molecule has 1 aliphatic carbocycles. The molecule has 2 fully saturated rings. The van der Waals surface area contributed by atoms with Crippen LogP contribution in [0.5, 0.6) is 0 Å². The molecule has 1 heteroatoms. The maximum Gasteiger partial charge on any atom is 0.0723 e. The summed E-state index contributed by atoms with van der Waals surface area (Å²) in [5, 5.41) is 0. The molecule has 0 unspecified atom stereocenters. The molecule has 74 valence electrons. The lowest BCUT2D eigenvalue weighted by Gasteiger charge is -2.43. The van der Waals surface area contributed by atoms with Crippen molar-refractivity contribution in [3.63, 3.8) is 0 Å². The van der Waals surface area contributed by atoms with Crippen LogP contribution >= 0.6 is 0 Å². The zero-order chi connectivity index (χ0) is 9.31. The third kappa shape index (κ3) is 1.96. The molecule has 0 aromatic heterocycles. The van der Waals surface area contributed by atoms with Crippen LogP contribution in [0.4, 0.5) is 0 Å². The van der Waals surface area contributed by atoms with Crippen molar-refractivity contribution in [2.24, 2.45) is 0 Å². The van der Waals surface area contributed by atoms with Gasteiger partial charge in [-0.25, -0.2) is 0 Å². The minimum Gasteiger partial charge on any atom is -0.372 e. The van der Waals surface area contributed by atoms with Gasteiger partial charge in [0.2, 0.25) is 0 Å². The SMILES string of the molecule is C=C1CCC[C@@]2(CCC[C@H](C)O2)C1. The summed E-state index contributed by atoms with van der Waals surface area (Å²) >= 11 is 0. The van der Waals surface area contributed by atoms with Crippen LogP contribution in [0.3, 0.4) is 0 Å². The fourth-order valence-electron chi connectivity index (χ4n) is 2.86. The van der Waals surface area contributed by atoms with E-state index < -0.39 is 0 Å². The molecule has 2 rings (SSSR count). The average Bonchev–Trinajstić information content (AvgIpc) is 2.02. The zero-order valence-electron chi connectivity index (χ0n) is 8.64. The van der Waals surface area contributed by atoms with Crippen LogP contribution in [0.15, 0.2) is 12.2 Å². The van der Waals surface area contributed by atoms with Crippen molar-refractivity contribution in [1.29, 1.82) is 0 Å². The highest BCUT2D eigenvalue weighted by atomic mass is 16.5. The molecule has 1 nitrogen and oxygen atoms in total. The first kappa shape index (κ1) is 9.26. The Balaban J connectivity index is 2.04. The van der Waals surface area contributed by atoms with Gasteiger partial charge in [-0.1, -0.05) is 12.2 Å². The summed E-state index contributed by atoms with van der Waals surface area (Å²) in [6.07, 6.45) is 9.21. The third-order valence-electron chi connectivity index (χ3n) is 3.43. The van der Waals surface area contributed by atoms with Crippen LogP contribution in [-0.2, 0) is 4.74 Å². The predicted octanol–water partition coefficient (Wildman–Crippen LogP) is 3.44. The lowest BCUT2D eigenvalue weighted by Crippen LogP contribution is -2.41. The highest BCUT2D eigenvalue weighted by molar-refractivity contribution is 5.07. The quantitative estimate of drug-likeness (QED) is 0.519. The Labute approximate surface area is 81.2 Å². The highest BCUT2D eigenvalue weighted by Crippen LogP contribution is 2.41. The molecule has 0 N–H and O–H groups in total. The van der Waals surface area contributed by atoms with Crippen molar-refractivity contribution in [1.82, 2.24) is 0 Å². The Hall–Kier alpha value is -0.300. The Morgan fingerprint density at radius 1 is 1.38 bits per heavy atom. The van der Waals surface area contributed by atoms with Gasteiger partial charge in [-0.3, -0.25) is 0 Å². The average molecular weight is 180 g/mol. The van der Waals surface area contributed by atoms with Gasteiger partial charge in [-0.15, -0.1) is 0 Å². The summed E-state index contributed by atoms with van der Waals surface area (Å²) in [5.41, 5.74) is 1.60. The van der Waals surface area contributed by atoms with Crippen LogP contribution in [0.1, 0.15) is 51.9 Å². The van der Waals surface area contributed by atoms with Gasteiger partial charge in [0, 0.05) is 0 Å². The van der Waals surface area contributed by atoms with Gasteiger partial charge in [0.1, 0.15) is 0 Å². The van der Waals surface area contributed by atoms with E-state index in [0.29, 0.717) is 6.10 Å². The minimum absolute atomic E-state index is 0.201. The van der Waals surface area contributed by atoms with E-state index in [2.05, 4.69) is 13.5 Å².